The van der Waals surface area contributed by atoms with Gasteiger partial charge in [0.1, 0.15) is 12.8 Å². The minimum atomic E-state index is -0.722. The van der Waals surface area contributed by atoms with Crippen molar-refractivity contribution >= 4 is 23.9 Å². The molecule has 2 saturated heterocycles. The van der Waals surface area contributed by atoms with Gasteiger partial charge in [0.05, 0.1) is 0 Å². The molecule has 148 valence electrons. The highest BCUT2D eigenvalue weighted by Gasteiger charge is 2.30. The molecule has 3 rings (SSSR count). The standard InChI is InChI=1S/C12H18N2.C7H10N2O4/c1-10-3-4-12(9-11(10)2)14-7-5-13-6-8-14;10-3-9(4-11)5-1-2-6(12)8-7(5)13/h3-4,9,13H,5-8H2,1-2H3;3,5,11H,1-2,4H2,(H,8,12,13). The van der Waals surface area contributed by atoms with Crippen LogP contribution < -0.4 is 15.5 Å². The summed E-state index contributed by atoms with van der Waals surface area (Å²) in [4.78, 5) is 35.6. The second-order valence-electron chi connectivity index (χ2n) is 6.73. The molecule has 3 N–H and O–H groups in total. The van der Waals surface area contributed by atoms with Gasteiger partial charge in [0, 0.05) is 38.3 Å². The number of carbonyl (C=O) groups is 3. The fraction of sp³-hybridized carbons (Fsp3) is 0.526. The number of anilines is 1. The summed E-state index contributed by atoms with van der Waals surface area (Å²) >= 11 is 0. The third-order valence-electron chi connectivity index (χ3n) is 4.88. The SMILES string of the molecule is Cc1ccc(N2CCNCC2)cc1C.O=CN(CO)C1CCC(=O)NC1=O. The summed E-state index contributed by atoms with van der Waals surface area (Å²) in [5, 5.41) is 14.1. The molecule has 0 saturated carbocycles. The summed E-state index contributed by atoms with van der Waals surface area (Å²) < 4.78 is 0. The van der Waals surface area contributed by atoms with Crippen LogP contribution in [0.5, 0.6) is 0 Å². The first-order valence-electron chi connectivity index (χ1n) is 9.14. The molecule has 1 aromatic rings. The maximum absolute atomic E-state index is 11.1. The van der Waals surface area contributed by atoms with Gasteiger partial charge in [-0.2, -0.15) is 0 Å². The van der Waals surface area contributed by atoms with Crippen molar-refractivity contribution in [3.8, 4) is 0 Å². The molecule has 2 aliphatic heterocycles. The molecular formula is C19H28N4O4. The molecule has 2 heterocycles. The fourth-order valence-electron chi connectivity index (χ4n) is 3.05. The van der Waals surface area contributed by atoms with E-state index < -0.39 is 18.7 Å². The molecule has 8 heteroatoms. The third kappa shape index (κ3) is 5.77. The predicted octanol–water partition coefficient (Wildman–Crippen LogP) is -0.0872. The molecule has 2 aliphatic rings. The molecule has 2 fully saturated rings. The number of hydrogen-bond donors (Lipinski definition) is 3. The number of aliphatic hydroxyl groups is 1. The number of imide groups is 1. The molecule has 1 aromatic carbocycles. The highest BCUT2D eigenvalue weighted by Crippen LogP contribution is 2.18. The zero-order chi connectivity index (χ0) is 19.8. The van der Waals surface area contributed by atoms with E-state index in [1.54, 1.807) is 0 Å². The number of aliphatic hydroxyl groups excluding tert-OH is 1. The number of piperazine rings is 1. The molecule has 0 aliphatic carbocycles. The van der Waals surface area contributed by atoms with E-state index in [1.807, 2.05) is 0 Å². The molecular weight excluding hydrogens is 348 g/mol. The van der Waals surface area contributed by atoms with Gasteiger partial charge in [-0.1, -0.05) is 6.07 Å². The predicted molar refractivity (Wildman–Crippen MR) is 102 cm³/mol. The van der Waals surface area contributed by atoms with Crippen LogP contribution in [0.2, 0.25) is 0 Å². The lowest BCUT2D eigenvalue weighted by molar-refractivity contribution is -0.143. The van der Waals surface area contributed by atoms with Gasteiger partial charge in [-0.05, 0) is 43.5 Å². The number of benzene rings is 1. The van der Waals surface area contributed by atoms with Crippen molar-refractivity contribution in [3.05, 3.63) is 29.3 Å². The lowest BCUT2D eigenvalue weighted by Gasteiger charge is -2.29. The summed E-state index contributed by atoms with van der Waals surface area (Å²) in [7, 11) is 0. The molecule has 0 spiro atoms. The minimum absolute atomic E-state index is 0.195. The van der Waals surface area contributed by atoms with Crippen molar-refractivity contribution < 1.29 is 19.5 Å². The van der Waals surface area contributed by atoms with Gasteiger partial charge in [0.15, 0.2) is 0 Å². The Labute approximate surface area is 159 Å². The molecule has 0 aromatic heterocycles. The average molecular weight is 376 g/mol. The Morgan fingerprint density at radius 1 is 1.22 bits per heavy atom. The van der Waals surface area contributed by atoms with Crippen molar-refractivity contribution in [3.63, 3.8) is 0 Å². The Morgan fingerprint density at radius 2 is 1.93 bits per heavy atom. The Hall–Kier alpha value is -2.45. The van der Waals surface area contributed by atoms with Crippen molar-refractivity contribution in [1.82, 2.24) is 15.5 Å². The fourth-order valence-corrected chi connectivity index (χ4v) is 3.05. The largest absolute Gasteiger partial charge is 0.376 e. The van der Waals surface area contributed by atoms with Crippen LogP contribution in [0.15, 0.2) is 18.2 Å². The zero-order valence-corrected chi connectivity index (χ0v) is 15.9. The van der Waals surface area contributed by atoms with Crippen molar-refractivity contribution in [2.24, 2.45) is 0 Å². The number of hydrogen-bond acceptors (Lipinski definition) is 6. The van der Waals surface area contributed by atoms with Crippen LogP contribution in [-0.4, -0.2) is 67.2 Å². The maximum Gasteiger partial charge on any atom is 0.249 e. The summed E-state index contributed by atoms with van der Waals surface area (Å²) in [6, 6.07) is 6.02. The van der Waals surface area contributed by atoms with Gasteiger partial charge >= 0.3 is 0 Å². The zero-order valence-electron chi connectivity index (χ0n) is 15.9. The molecule has 0 radical (unpaired) electrons. The third-order valence-corrected chi connectivity index (χ3v) is 4.88. The van der Waals surface area contributed by atoms with Crippen LogP contribution in [0, 0.1) is 13.8 Å². The monoisotopic (exact) mass is 376 g/mol. The normalized spacial score (nSPS) is 19.7. The van der Waals surface area contributed by atoms with E-state index in [0.717, 1.165) is 31.1 Å². The highest BCUT2D eigenvalue weighted by atomic mass is 16.3. The number of nitrogens with one attached hydrogen (secondary N) is 2. The van der Waals surface area contributed by atoms with Crippen molar-refractivity contribution in [1.29, 1.82) is 0 Å². The number of carbonyl (C=O) groups excluding carboxylic acids is 3. The van der Waals surface area contributed by atoms with E-state index in [1.165, 1.54) is 16.8 Å². The number of nitrogens with zero attached hydrogens (tertiary/aromatic N) is 2. The Kier molecular flexibility index (Phi) is 7.75. The van der Waals surface area contributed by atoms with E-state index >= 15 is 0 Å². The van der Waals surface area contributed by atoms with Crippen LogP contribution in [-0.2, 0) is 14.4 Å². The van der Waals surface area contributed by atoms with Gasteiger partial charge < -0.3 is 20.2 Å². The van der Waals surface area contributed by atoms with Gasteiger partial charge in [0.25, 0.3) is 0 Å². The average Bonchev–Trinajstić information content (AvgIpc) is 2.68. The minimum Gasteiger partial charge on any atom is -0.376 e. The summed E-state index contributed by atoms with van der Waals surface area (Å²) in [5.74, 6) is -0.873. The van der Waals surface area contributed by atoms with Crippen molar-refractivity contribution in [2.75, 3.05) is 37.8 Å². The second kappa shape index (κ2) is 10.0. The summed E-state index contributed by atoms with van der Waals surface area (Å²) in [6.07, 6.45) is 0.852. The van der Waals surface area contributed by atoms with Crippen molar-refractivity contribution in [2.45, 2.75) is 32.7 Å². The van der Waals surface area contributed by atoms with Crippen LogP contribution in [0.3, 0.4) is 0 Å². The first-order valence-corrected chi connectivity index (χ1v) is 9.14. The van der Waals surface area contributed by atoms with Gasteiger partial charge in [0.2, 0.25) is 18.2 Å². The lowest BCUT2D eigenvalue weighted by atomic mass is 10.1. The highest BCUT2D eigenvalue weighted by molar-refractivity contribution is 6.00. The summed E-state index contributed by atoms with van der Waals surface area (Å²) in [6.45, 7) is 8.29. The first kappa shape index (κ1) is 20.9. The summed E-state index contributed by atoms with van der Waals surface area (Å²) in [5.41, 5.74) is 4.14. The van der Waals surface area contributed by atoms with Gasteiger partial charge in [-0.15, -0.1) is 0 Å². The maximum atomic E-state index is 11.1. The number of piperidine rings is 1. The van der Waals surface area contributed by atoms with Crippen LogP contribution in [0.25, 0.3) is 0 Å². The molecule has 0 bridgehead atoms. The Balaban J connectivity index is 0.000000194. The van der Waals surface area contributed by atoms with E-state index in [9.17, 15) is 14.4 Å². The number of amides is 3. The van der Waals surface area contributed by atoms with Gasteiger partial charge in [-0.3, -0.25) is 19.7 Å². The van der Waals surface area contributed by atoms with Crippen LogP contribution >= 0.6 is 0 Å². The van der Waals surface area contributed by atoms with E-state index in [4.69, 9.17) is 5.11 Å². The molecule has 1 unspecified atom stereocenters. The van der Waals surface area contributed by atoms with Crippen LogP contribution in [0.1, 0.15) is 24.0 Å². The second-order valence-corrected chi connectivity index (χ2v) is 6.73. The first-order chi connectivity index (χ1) is 13.0. The molecule has 27 heavy (non-hydrogen) atoms. The molecule has 3 amide bonds. The molecule has 8 nitrogen and oxygen atoms in total. The smallest absolute Gasteiger partial charge is 0.249 e. The lowest BCUT2D eigenvalue weighted by Crippen LogP contribution is -2.52. The van der Waals surface area contributed by atoms with Gasteiger partial charge in [-0.25, -0.2) is 0 Å². The number of rotatable bonds is 4. The topological polar surface area (TPSA) is 102 Å². The van der Waals surface area contributed by atoms with E-state index in [-0.39, 0.29) is 18.7 Å². The van der Waals surface area contributed by atoms with Crippen LogP contribution in [0.4, 0.5) is 5.69 Å². The number of aryl methyl sites for hydroxylation is 2. The molecule has 1 atom stereocenters. The quantitative estimate of drug-likeness (QED) is 0.386. The van der Waals surface area contributed by atoms with E-state index in [0.29, 0.717) is 6.41 Å². The Bertz CT molecular complexity index is 674. The van der Waals surface area contributed by atoms with E-state index in [2.05, 4.69) is 47.6 Å². The Morgan fingerprint density at radius 3 is 2.48 bits per heavy atom.